The Labute approximate surface area is 183 Å². The van der Waals surface area contributed by atoms with Crippen molar-refractivity contribution in [2.45, 2.75) is 19.3 Å². The summed E-state index contributed by atoms with van der Waals surface area (Å²) in [6, 6.07) is 22.8. The van der Waals surface area contributed by atoms with Gasteiger partial charge in [-0.25, -0.2) is 9.97 Å². The summed E-state index contributed by atoms with van der Waals surface area (Å²) in [6.07, 6.45) is 4.94. The molecule has 1 amide bonds. The van der Waals surface area contributed by atoms with Crippen molar-refractivity contribution in [3.8, 4) is 11.3 Å². The Morgan fingerprint density at radius 3 is 2.29 bits per heavy atom. The number of benzene rings is 2. The van der Waals surface area contributed by atoms with Crippen LogP contribution in [0.2, 0.25) is 0 Å². The Hall–Kier alpha value is -3.21. The van der Waals surface area contributed by atoms with Crippen molar-refractivity contribution in [1.82, 2.24) is 14.9 Å². The van der Waals surface area contributed by atoms with Crippen molar-refractivity contribution in [2.75, 3.05) is 31.1 Å². The summed E-state index contributed by atoms with van der Waals surface area (Å²) in [5.74, 6) is 1.98. The van der Waals surface area contributed by atoms with Gasteiger partial charge in [-0.2, -0.15) is 0 Å². The van der Waals surface area contributed by atoms with E-state index in [1.807, 2.05) is 24.3 Å². The smallest absolute Gasteiger partial charge is 0.229 e. The molecular weight excluding hydrogens is 384 g/mol. The number of amides is 1. The van der Waals surface area contributed by atoms with Crippen LogP contribution in [-0.4, -0.2) is 47.0 Å². The predicted octanol–water partition coefficient (Wildman–Crippen LogP) is 4.06. The average Bonchev–Trinajstić information content (AvgIpc) is 2.80. The van der Waals surface area contributed by atoms with Crippen LogP contribution < -0.4 is 4.90 Å². The highest BCUT2D eigenvalue weighted by atomic mass is 16.2. The van der Waals surface area contributed by atoms with Crippen molar-refractivity contribution >= 4 is 11.7 Å². The first-order valence-electron chi connectivity index (χ1n) is 11.2. The molecule has 5 rings (SSSR count). The highest BCUT2D eigenvalue weighted by Crippen LogP contribution is 2.29. The van der Waals surface area contributed by atoms with E-state index in [-0.39, 0.29) is 5.92 Å². The molecule has 0 radical (unpaired) electrons. The van der Waals surface area contributed by atoms with E-state index in [9.17, 15) is 4.79 Å². The van der Waals surface area contributed by atoms with E-state index in [2.05, 4.69) is 62.2 Å². The van der Waals surface area contributed by atoms with Crippen LogP contribution in [-0.2, 0) is 11.2 Å². The van der Waals surface area contributed by atoms with E-state index in [0.717, 1.165) is 62.5 Å². The molecule has 0 bridgehead atoms. The molecule has 1 aromatic heterocycles. The number of nitrogens with zero attached hydrogens (tertiary/aromatic N) is 4. The fourth-order valence-electron chi connectivity index (χ4n) is 4.67. The molecule has 31 heavy (non-hydrogen) atoms. The second kappa shape index (κ2) is 8.88. The fraction of sp³-hybridized carbons (Fsp3) is 0.346. The minimum Gasteiger partial charge on any atom is -0.355 e. The van der Waals surface area contributed by atoms with Gasteiger partial charge >= 0.3 is 0 Å². The first-order chi connectivity index (χ1) is 15.3. The zero-order valence-corrected chi connectivity index (χ0v) is 17.7. The van der Waals surface area contributed by atoms with E-state index in [1.165, 1.54) is 5.56 Å². The van der Waals surface area contributed by atoms with E-state index >= 15 is 0 Å². The third-order valence-electron chi connectivity index (χ3n) is 6.57. The van der Waals surface area contributed by atoms with Gasteiger partial charge in [-0.05, 0) is 30.7 Å². The van der Waals surface area contributed by atoms with Crippen LogP contribution in [0.4, 0.5) is 5.82 Å². The number of carbonyl (C=O) groups is 1. The van der Waals surface area contributed by atoms with Crippen molar-refractivity contribution in [1.29, 1.82) is 0 Å². The molecule has 5 nitrogen and oxygen atoms in total. The monoisotopic (exact) mass is 412 g/mol. The maximum absolute atomic E-state index is 13.0. The van der Waals surface area contributed by atoms with Gasteiger partial charge < -0.3 is 9.80 Å². The number of anilines is 1. The summed E-state index contributed by atoms with van der Waals surface area (Å²) >= 11 is 0. The molecule has 0 saturated carbocycles. The van der Waals surface area contributed by atoms with Gasteiger partial charge in [-0.3, -0.25) is 4.79 Å². The van der Waals surface area contributed by atoms with Crippen molar-refractivity contribution in [3.05, 3.63) is 78.6 Å². The summed E-state index contributed by atoms with van der Waals surface area (Å²) in [4.78, 5) is 26.1. The van der Waals surface area contributed by atoms with Gasteiger partial charge in [0.15, 0.2) is 0 Å². The molecule has 0 spiro atoms. The molecule has 0 unspecified atom stereocenters. The molecule has 0 atom stereocenters. The summed E-state index contributed by atoms with van der Waals surface area (Å²) in [5.41, 5.74) is 3.40. The molecular formula is C26H28N4O. The number of rotatable bonds is 5. The Kier molecular flexibility index (Phi) is 5.65. The quantitative estimate of drug-likeness (QED) is 0.634. The molecule has 2 aromatic carbocycles. The molecule has 2 fully saturated rings. The standard InChI is InChI=1S/C26H28N4O/c31-26(29-13-11-21(12-14-29)15-20-7-3-1-4-8-20)23-17-30(18-23)25-16-24(27-19-28-25)22-9-5-2-6-10-22/h1-10,16,19,21,23H,11-15,17-18H2. The van der Waals surface area contributed by atoms with E-state index in [0.29, 0.717) is 11.8 Å². The van der Waals surface area contributed by atoms with Crippen molar-refractivity contribution in [2.24, 2.45) is 11.8 Å². The molecule has 0 N–H and O–H groups in total. The Balaban J connectivity index is 1.13. The number of carbonyl (C=O) groups excluding carboxylic acids is 1. The van der Waals surface area contributed by atoms with Gasteiger partial charge in [-0.1, -0.05) is 60.7 Å². The third-order valence-corrected chi connectivity index (χ3v) is 6.57. The van der Waals surface area contributed by atoms with E-state index in [4.69, 9.17) is 0 Å². The lowest BCUT2D eigenvalue weighted by molar-refractivity contribution is -0.137. The van der Waals surface area contributed by atoms with E-state index in [1.54, 1.807) is 6.33 Å². The highest BCUT2D eigenvalue weighted by Gasteiger charge is 2.37. The van der Waals surface area contributed by atoms with Crippen LogP contribution in [0.5, 0.6) is 0 Å². The summed E-state index contributed by atoms with van der Waals surface area (Å²) in [6.45, 7) is 3.26. The normalized spacial score (nSPS) is 17.4. The molecule has 2 aliphatic rings. The van der Waals surface area contributed by atoms with Crippen LogP contribution >= 0.6 is 0 Å². The third kappa shape index (κ3) is 4.46. The molecule has 3 aromatic rings. The van der Waals surface area contributed by atoms with Gasteiger partial charge in [0, 0.05) is 37.8 Å². The first-order valence-corrected chi connectivity index (χ1v) is 11.2. The van der Waals surface area contributed by atoms with Gasteiger partial charge in [0.1, 0.15) is 12.1 Å². The van der Waals surface area contributed by atoms with Gasteiger partial charge in [-0.15, -0.1) is 0 Å². The lowest BCUT2D eigenvalue weighted by Crippen LogP contribution is -2.56. The topological polar surface area (TPSA) is 49.3 Å². The first kappa shape index (κ1) is 19.7. The summed E-state index contributed by atoms with van der Waals surface area (Å²) in [5, 5.41) is 0. The number of hydrogen-bond donors (Lipinski definition) is 0. The summed E-state index contributed by atoms with van der Waals surface area (Å²) in [7, 11) is 0. The Bertz CT molecular complexity index is 1010. The van der Waals surface area contributed by atoms with E-state index < -0.39 is 0 Å². The minimum atomic E-state index is 0.0841. The maximum Gasteiger partial charge on any atom is 0.229 e. The number of hydrogen-bond acceptors (Lipinski definition) is 4. The van der Waals surface area contributed by atoms with Gasteiger partial charge in [0.25, 0.3) is 0 Å². The largest absolute Gasteiger partial charge is 0.355 e. The van der Waals surface area contributed by atoms with Gasteiger partial charge in [0.2, 0.25) is 5.91 Å². The molecule has 5 heteroatoms. The van der Waals surface area contributed by atoms with Crippen LogP contribution in [0.3, 0.4) is 0 Å². The second-order valence-corrected chi connectivity index (χ2v) is 8.69. The van der Waals surface area contributed by atoms with Gasteiger partial charge in [0.05, 0.1) is 11.6 Å². The second-order valence-electron chi connectivity index (χ2n) is 8.69. The van der Waals surface area contributed by atoms with Crippen LogP contribution in [0.15, 0.2) is 73.1 Å². The molecule has 3 heterocycles. The Morgan fingerprint density at radius 1 is 0.903 bits per heavy atom. The zero-order chi connectivity index (χ0) is 21.0. The number of likely N-dealkylation sites (tertiary alicyclic amines) is 1. The molecule has 158 valence electrons. The lowest BCUT2D eigenvalue weighted by atomic mass is 9.89. The van der Waals surface area contributed by atoms with Crippen LogP contribution in [0, 0.1) is 11.8 Å². The number of piperidine rings is 1. The van der Waals surface area contributed by atoms with Crippen molar-refractivity contribution < 1.29 is 4.79 Å². The molecule has 0 aliphatic carbocycles. The minimum absolute atomic E-state index is 0.0841. The summed E-state index contributed by atoms with van der Waals surface area (Å²) < 4.78 is 0. The SMILES string of the molecule is O=C(C1CN(c2cc(-c3ccccc3)ncn2)C1)N1CCC(Cc2ccccc2)CC1. The van der Waals surface area contributed by atoms with Crippen LogP contribution in [0.25, 0.3) is 11.3 Å². The van der Waals surface area contributed by atoms with Crippen molar-refractivity contribution in [3.63, 3.8) is 0 Å². The average molecular weight is 413 g/mol. The molecule has 2 aliphatic heterocycles. The lowest BCUT2D eigenvalue weighted by Gasteiger charge is -2.42. The Morgan fingerprint density at radius 2 is 1.58 bits per heavy atom. The molecule has 2 saturated heterocycles. The highest BCUT2D eigenvalue weighted by molar-refractivity contribution is 5.82. The van der Waals surface area contributed by atoms with Crippen LogP contribution in [0.1, 0.15) is 18.4 Å². The maximum atomic E-state index is 13.0. The predicted molar refractivity (Wildman–Crippen MR) is 123 cm³/mol. The number of aromatic nitrogens is 2. The zero-order valence-electron chi connectivity index (χ0n) is 17.7. The fourth-order valence-corrected chi connectivity index (χ4v) is 4.67.